The molecular weight excluding hydrogens is 274 g/mol. The number of aromatic nitrogens is 2. The molecule has 2 bridgehead atoms. The van der Waals surface area contributed by atoms with Crippen LogP contribution < -0.4 is 0 Å². The smallest absolute Gasteiger partial charge is 0.233 e. The van der Waals surface area contributed by atoms with E-state index in [1.165, 1.54) is 18.2 Å². The van der Waals surface area contributed by atoms with Gasteiger partial charge in [0, 0.05) is 31.5 Å². The van der Waals surface area contributed by atoms with Gasteiger partial charge in [-0.25, -0.2) is 4.98 Å². The average Bonchev–Trinajstić information content (AvgIpc) is 2.80. The van der Waals surface area contributed by atoms with Crippen molar-refractivity contribution in [2.75, 3.05) is 5.75 Å². The molecule has 0 aromatic carbocycles. The Morgan fingerprint density at radius 1 is 1.45 bits per heavy atom. The van der Waals surface area contributed by atoms with E-state index >= 15 is 0 Å². The van der Waals surface area contributed by atoms with Gasteiger partial charge in [0.25, 0.3) is 0 Å². The number of hydrogen-bond acceptors (Lipinski definition) is 4. The van der Waals surface area contributed by atoms with Crippen molar-refractivity contribution in [1.29, 1.82) is 0 Å². The molecule has 3 rings (SSSR count). The first-order chi connectivity index (χ1) is 9.65. The highest BCUT2D eigenvalue weighted by Crippen LogP contribution is 2.34. The lowest BCUT2D eigenvalue weighted by Crippen LogP contribution is -2.56. The highest BCUT2D eigenvalue weighted by molar-refractivity contribution is 7.99. The second-order valence-corrected chi connectivity index (χ2v) is 6.72. The van der Waals surface area contributed by atoms with Crippen molar-refractivity contribution in [3.8, 4) is 0 Å². The summed E-state index contributed by atoms with van der Waals surface area (Å²) >= 11 is 1.49. The van der Waals surface area contributed by atoms with Crippen molar-refractivity contribution in [2.24, 2.45) is 7.05 Å². The highest BCUT2D eigenvalue weighted by Gasteiger charge is 2.40. The van der Waals surface area contributed by atoms with E-state index in [-0.39, 0.29) is 24.1 Å². The van der Waals surface area contributed by atoms with Crippen LogP contribution in [0.4, 0.5) is 0 Å². The van der Waals surface area contributed by atoms with Crippen molar-refractivity contribution in [3.05, 3.63) is 12.4 Å². The number of carbonyl (C=O) groups excluding carboxylic acids is 1. The normalized spacial score (nSPS) is 29.5. The second kappa shape index (κ2) is 5.77. The number of carbonyl (C=O) groups is 1. The average molecular weight is 295 g/mol. The molecule has 1 aromatic rings. The number of aliphatic hydroxyl groups is 1. The Morgan fingerprint density at radius 3 is 2.75 bits per heavy atom. The van der Waals surface area contributed by atoms with Crippen LogP contribution in [0.2, 0.25) is 0 Å². The molecule has 1 amide bonds. The zero-order valence-electron chi connectivity index (χ0n) is 11.7. The molecule has 0 aliphatic carbocycles. The SMILES string of the molecule is Cn1ccnc1SCC(=O)N1[C@@H]2CCC[C@H]1CC(O)C2. The fourth-order valence-corrected chi connectivity index (χ4v) is 4.25. The molecule has 2 saturated heterocycles. The van der Waals surface area contributed by atoms with Gasteiger partial charge < -0.3 is 14.6 Å². The maximum absolute atomic E-state index is 12.5. The Hall–Kier alpha value is -1.01. The first-order valence-electron chi connectivity index (χ1n) is 7.24. The van der Waals surface area contributed by atoms with Gasteiger partial charge in [0.1, 0.15) is 0 Å². The maximum atomic E-state index is 12.5. The summed E-state index contributed by atoms with van der Waals surface area (Å²) in [6.07, 6.45) is 8.15. The number of nitrogens with zero attached hydrogens (tertiary/aromatic N) is 3. The number of imidazole rings is 1. The zero-order valence-corrected chi connectivity index (χ0v) is 12.6. The first-order valence-corrected chi connectivity index (χ1v) is 8.23. The van der Waals surface area contributed by atoms with Gasteiger partial charge in [0.2, 0.25) is 5.91 Å². The largest absolute Gasteiger partial charge is 0.393 e. The quantitative estimate of drug-likeness (QED) is 0.857. The summed E-state index contributed by atoms with van der Waals surface area (Å²) in [6.45, 7) is 0. The lowest BCUT2D eigenvalue weighted by molar-refractivity contribution is -0.140. The van der Waals surface area contributed by atoms with Crippen LogP contribution in [-0.4, -0.2) is 49.4 Å². The van der Waals surface area contributed by atoms with Crippen molar-refractivity contribution < 1.29 is 9.90 Å². The minimum Gasteiger partial charge on any atom is -0.393 e. The Balaban J connectivity index is 1.63. The Bertz CT molecular complexity index is 477. The summed E-state index contributed by atoms with van der Waals surface area (Å²) in [4.78, 5) is 18.8. The molecule has 6 heteroatoms. The van der Waals surface area contributed by atoms with Gasteiger partial charge in [-0.05, 0) is 32.1 Å². The van der Waals surface area contributed by atoms with Crippen molar-refractivity contribution in [1.82, 2.24) is 14.5 Å². The molecule has 2 aliphatic rings. The molecule has 110 valence electrons. The van der Waals surface area contributed by atoms with Crippen LogP contribution in [0, 0.1) is 0 Å². The van der Waals surface area contributed by atoms with E-state index in [9.17, 15) is 9.90 Å². The number of fused-ring (bicyclic) bond motifs is 2. The summed E-state index contributed by atoms with van der Waals surface area (Å²) < 4.78 is 1.93. The molecule has 2 aliphatic heterocycles. The van der Waals surface area contributed by atoms with Gasteiger partial charge in [-0.15, -0.1) is 0 Å². The third kappa shape index (κ3) is 2.72. The Labute approximate surface area is 123 Å². The summed E-state index contributed by atoms with van der Waals surface area (Å²) in [6, 6.07) is 0.485. The number of amides is 1. The standard InChI is InChI=1S/C14H21N3O2S/c1-16-6-5-15-14(16)20-9-13(19)17-10-3-2-4-11(17)8-12(18)7-10/h5-6,10-12,18H,2-4,7-9H2,1H3/t10-,11+,12?. The first kappa shape index (κ1) is 13.9. The summed E-state index contributed by atoms with van der Waals surface area (Å²) in [5, 5.41) is 10.8. The maximum Gasteiger partial charge on any atom is 0.233 e. The molecule has 0 spiro atoms. The summed E-state index contributed by atoms with van der Waals surface area (Å²) in [5.74, 6) is 0.633. The van der Waals surface area contributed by atoms with Crippen LogP contribution in [0.25, 0.3) is 0 Å². The summed E-state index contributed by atoms with van der Waals surface area (Å²) in [5.41, 5.74) is 0. The van der Waals surface area contributed by atoms with Gasteiger partial charge in [0.05, 0.1) is 11.9 Å². The van der Waals surface area contributed by atoms with E-state index in [0.717, 1.165) is 30.8 Å². The molecule has 0 saturated carbocycles. The molecule has 0 radical (unpaired) electrons. The topological polar surface area (TPSA) is 58.4 Å². The van der Waals surface area contributed by atoms with Crippen LogP contribution in [0.5, 0.6) is 0 Å². The van der Waals surface area contributed by atoms with Gasteiger partial charge in [-0.2, -0.15) is 0 Å². The molecule has 3 heterocycles. The molecule has 1 N–H and O–H groups in total. The molecule has 2 fully saturated rings. The van der Waals surface area contributed by atoms with Gasteiger partial charge in [-0.1, -0.05) is 11.8 Å². The molecule has 3 atom stereocenters. The molecule has 5 nitrogen and oxygen atoms in total. The lowest BCUT2D eigenvalue weighted by Gasteiger charge is -2.47. The van der Waals surface area contributed by atoms with Gasteiger partial charge in [0.15, 0.2) is 5.16 Å². The van der Waals surface area contributed by atoms with Crippen LogP contribution in [0.3, 0.4) is 0 Å². The minimum absolute atomic E-state index is 0.194. The van der Waals surface area contributed by atoms with E-state index in [1.54, 1.807) is 6.20 Å². The Morgan fingerprint density at radius 2 is 2.15 bits per heavy atom. The third-order valence-corrected chi connectivity index (χ3v) is 5.38. The predicted molar refractivity (Wildman–Crippen MR) is 77.4 cm³/mol. The van der Waals surface area contributed by atoms with Crippen molar-refractivity contribution in [2.45, 2.75) is 55.4 Å². The van der Waals surface area contributed by atoms with E-state index in [4.69, 9.17) is 0 Å². The monoisotopic (exact) mass is 295 g/mol. The van der Waals surface area contributed by atoms with Crippen LogP contribution in [0.1, 0.15) is 32.1 Å². The number of rotatable bonds is 3. The number of aliphatic hydroxyl groups excluding tert-OH is 1. The van der Waals surface area contributed by atoms with Crippen molar-refractivity contribution in [3.63, 3.8) is 0 Å². The minimum atomic E-state index is -0.225. The molecule has 1 aromatic heterocycles. The van der Waals surface area contributed by atoms with E-state index in [2.05, 4.69) is 4.98 Å². The number of piperidine rings is 2. The number of aryl methyl sites for hydroxylation is 1. The lowest BCUT2D eigenvalue weighted by atomic mass is 9.83. The third-order valence-electron chi connectivity index (χ3n) is 4.34. The van der Waals surface area contributed by atoms with E-state index in [1.807, 2.05) is 22.7 Å². The van der Waals surface area contributed by atoms with Crippen LogP contribution in [0.15, 0.2) is 17.6 Å². The predicted octanol–water partition coefficient (Wildman–Crippen LogP) is 1.42. The van der Waals surface area contributed by atoms with Gasteiger partial charge >= 0.3 is 0 Å². The Kier molecular flexibility index (Phi) is 4.03. The fraction of sp³-hybridized carbons (Fsp3) is 0.714. The van der Waals surface area contributed by atoms with Crippen LogP contribution >= 0.6 is 11.8 Å². The zero-order chi connectivity index (χ0) is 14.1. The van der Waals surface area contributed by atoms with Crippen molar-refractivity contribution >= 4 is 17.7 Å². The van der Waals surface area contributed by atoms with Gasteiger partial charge in [-0.3, -0.25) is 4.79 Å². The molecule has 1 unspecified atom stereocenters. The highest BCUT2D eigenvalue weighted by atomic mass is 32.2. The van der Waals surface area contributed by atoms with E-state index < -0.39 is 0 Å². The fourth-order valence-electron chi connectivity index (χ4n) is 3.45. The molecule has 20 heavy (non-hydrogen) atoms. The summed E-state index contributed by atoms with van der Waals surface area (Å²) in [7, 11) is 1.94. The number of hydrogen-bond donors (Lipinski definition) is 1. The number of thioether (sulfide) groups is 1. The second-order valence-electron chi connectivity index (χ2n) is 5.77. The van der Waals surface area contributed by atoms with Crippen LogP contribution in [-0.2, 0) is 11.8 Å². The van der Waals surface area contributed by atoms with E-state index in [0.29, 0.717) is 5.75 Å². The molecular formula is C14H21N3O2S.